The summed E-state index contributed by atoms with van der Waals surface area (Å²) >= 11 is 11.0. The SMILES string of the molecule is O=C1N=C(N2CCN(c3cccc(Cl)c3)CC2)S/C1=C\c1ccc(Br)cc1. The van der Waals surface area contributed by atoms with Gasteiger partial charge in [-0.3, -0.25) is 4.79 Å². The molecule has 0 atom stereocenters. The predicted molar refractivity (Wildman–Crippen MR) is 117 cm³/mol. The summed E-state index contributed by atoms with van der Waals surface area (Å²) in [6.07, 6.45) is 1.90. The van der Waals surface area contributed by atoms with Crippen LogP contribution in [-0.4, -0.2) is 42.2 Å². The second-order valence-electron chi connectivity index (χ2n) is 6.32. The number of amidine groups is 1. The summed E-state index contributed by atoms with van der Waals surface area (Å²) in [5.74, 6) is -0.157. The van der Waals surface area contributed by atoms with Gasteiger partial charge in [-0.2, -0.15) is 4.99 Å². The molecule has 27 heavy (non-hydrogen) atoms. The van der Waals surface area contributed by atoms with Crippen molar-refractivity contribution in [2.75, 3.05) is 31.1 Å². The Morgan fingerprint density at radius 1 is 1.04 bits per heavy atom. The molecule has 1 fully saturated rings. The number of halogens is 2. The summed E-state index contributed by atoms with van der Waals surface area (Å²) < 4.78 is 1.02. The lowest BCUT2D eigenvalue weighted by molar-refractivity contribution is -0.113. The summed E-state index contributed by atoms with van der Waals surface area (Å²) in [5, 5.41) is 1.55. The van der Waals surface area contributed by atoms with Crippen LogP contribution in [0.15, 0.2) is 62.9 Å². The van der Waals surface area contributed by atoms with E-state index in [0.29, 0.717) is 4.91 Å². The first-order chi connectivity index (χ1) is 13.1. The maximum Gasteiger partial charge on any atom is 0.286 e. The predicted octanol–water partition coefficient (Wildman–Crippen LogP) is 4.90. The van der Waals surface area contributed by atoms with E-state index < -0.39 is 0 Å². The number of rotatable bonds is 2. The van der Waals surface area contributed by atoms with E-state index in [9.17, 15) is 4.79 Å². The first-order valence-corrected chi connectivity index (χ1v) is 10.6. The second kappa shape index (κ2) is 8.09. The second-order valence-corrected chi connectivity index (χ2v) is 8.68. The number of carbonyl (C=O) groups excluding carboxylic acids is 1. The Bertz CT molecular complexity index is 921. The fraction of sp³-hybridized carbons (Fsp3) is 0.200. The van der Waals surface area contributed by atoms with Crippen LogP contribution in [0, 0.1) is 0 Å². The largest absolute Gasteiger partial charge is 0.368 e. The van der Waals surface area contributed by atoms with Crippen LogP contribution < -0.4 is 4.90 Å². The summed E-state index contributed by atoms with van der Waals surface area (Å²) in [7, 11) is 0. The van der Waals surface area contributed by atoms with Crippen LogP contribution in [0.3, 0.4) is 0 Å². The third-order valence-electron chi connectivity index (χ3n) is 4.50. The maximum atomic E-state index is 12.3. The molecule has 0 radical (unpaired) electrons. The van der Waals surface area contributed by atoms with E-state index in [1.807, 2.05) is 48.5 Å². The van der Waals surface area contributed by atoms with Crippen molar-refractivity contribution >= 4 is 62.1 Å². The van der Waals surface area contributed by atoms with Gasteiger partial charge in [-0.25, -0.2) is 0 Å². The number of anilines is 1. The lowest BCUT2D eigenvalue weighted by Gasteiger charge is -2.36. The highest BCUT2D eigenvalue weighted by molar-refractivity contribution is 9.10. The van der Waals surface area contributed by atoms with Crippen LogP contribution in [-0.2, 0) is 4.79 Å². The highest BCUT2D eigenvalue weighted by atomic mass is 79.9. The standard InChI is InChI=1S/C20H17BrClN3OS/c21-15-6-4-14(5-7-15)12-18-19(26)23-20(27-18)25-10-8-24(9-11-25)17-3-1-2-16(22)13-17/h1-7,12-13H,8-11H2/b18-12-. The molecule has 0 aromatic heterocycles. The minimum absolute atomic E-state index is 0.157. The van der Waals surface area contributed by atoms with E-state index in [4.69, 9.17) is 11.6 Å². The Kier molecular flexibility index (Phi) is 5.57. The number of hydrogen-bond donors (Lipinski definition) is 0. The topological polar surface area (TPSA) is 35.9 Å². The van der Waals surface area contributed by atoms with Crippen LogP contribution in [0.5, 0.6) is 0 Å². The van der Waals surface area contributed by atoms with Crippen molar-refractivity contribution in [2.45, 2.75) is 0 Å². The fourth-order valence-corrected chi connectivity index (χ4v) is 4.49. The van der Waals surface area contributed by atoms with Crippen LogP contribution in [0.4, 0.5) is 5.69 Å². The third-order valence-corrected chi connectivity index (χ3v) is 6.31. The summed E-state index contributed by atoms with van der Waals surface area (Å²) in [6.45, 7) is 3.41. The molecule has 138 valence electrons. The minimum atomic E-state index is -0.157. The molecule has 4 rings (SSSR count). The summed E-state index contributed by atoms with van der Waals surface area (Å²) in [5.41, 5.74) is 2.13. The Labute approximate surface area is 176 Å². The third kappa shape index (κ3) is 4.39. The molecule has 2 aromatic carbocycles. The number of benzene rings is 2. The monoisotopic (exact) mass is 461 g/mol. The molecule has 1 amide bonds. The van der Waals surface area contributed by atoms with Crippen LogP contribution in [0.25, 0.3) is 6.08 Å². The number of thioether (sulfide) groups is 1. The Hall–Kier alpha value is -1.76. The molecule has 2 aromatic rings. The molecule has 4 nitrogen and oxygen atoms in total. The molecule has 0 spiro atoms. The molecule has 0 unspecified atom stereocenters. The van der Waals surface area contributed by atoms with Gasteiger partial charge >= 0.3 is 0 Å². The maximum absolute atomic E-state index is 12.3. The average molecular weight is 463 g/mol. The van der Waals surface area contributed by atoms with E-state index in [2.05, 4.69) is 36.8 Å². The van der Waals surface area contributed by atoms with E-state index in [-0.39, 0.29) is 5.91 Å². The van der Waals surface area contributed by atoms with Gasteiger partial charge in [0, 0.05) is 41.4 Å². The Morgan fingerprint density at radius 2 is 1.74 bits per heavy atom. The molecule has 0 saturated carbocycles. The van der Waals surface area contributed by atoms with Crippen molar-refractivity contribution in [2.24, 2.45) is 4.99 Å². The zero-order valence-corrected chi connectivity index (χ0v) is 17.6. The van der Waals surface area contributed by atoms with Gasteiger partial charge in [-0.05, 0) is 53.7 Å². The molecular weight excluding hydrogens is 446 g/mol. The molecule has 0 N–H and O–H groups in total. The Morgan fingerprint density at radius 3 is 2.44 bits per heavy atom. The van der Waals surface area contributed by atoms with Crippen molar-refractivity contribution < 1.29 is 4.79 Å². The lowest BCUT2D eigenvalue weighted by atomic mass is 10.2. The van der Waals surface area contributed by atoms with Crippen molar-refractivity contribution in [3.8, 4) is 0 Å². The summed E-state index contributed by atoms with van der Waals surface area (Å²) in [6, 6.07) is 15.8. The molecule has 0 bridgehead atoms. The first kappa shape index (κ1) is 18.6. The molecular formula is C20H17BrClN3OS. The van der Waals surface area contributed by atoms with Gasteiger partial charge < -0.3 is 9.80 Å². The van der Waals surface area contributed by atoms with Crippen LogP contribution in [0.2, 0.25) is 5.02 Å². The first-order valence-electron chi connectivity index (χ1n) is 8.62. The van der Waals surface area contributed by atoms with Gasteiger partial charge in [-0.1, -0.05) is 45.7 Å². The number of nitrogens with zero attached hydrogens (tertiary/aromatic N) is 3. The Balaban J connectivity index is 1.40. The summed E-state index contributed by atoms with van der Waals surface area (Å²) in [4.78, 5) is 21.7. The van der Waals surface area contributed by atoms with Gasteiger partial charge in [0.15, 0.2) is 5.17 Å². The smallest absolute Gasteiger partial charge is 0.286 e. The molecule has 2 aliphatic heterocycles. The number of carbonyl (C=O) groups is 1. The fourth-order valence-electron chi connectivity index (χ4n) is 3.07. The zero-order valence-electron chi connectivity index (χ0n) is 14.4. The molecule has 2 heterocycles. The quantitative estimate of drug-likeness (QED) is 0.595. The van der Waals surface area contributed by atoms with E-state index in [0.717, 1.165) is 52.1 Å². The molecule has 0 aliphatic carbocycles. The van der Waals surface area contributed by atoms with E-state index in [1.165, 1.54) is 11.8 Å². The van der Waals surface area contributed by atoms with Crippen molar-refractivity contribution in [1.82, 2.24) is 4.90 Å². The highest BCUT2D eigenvalue weighted by Crippen LogP contribution is 2.31. The van der Waals surface area contributed by atoms with Crippen LogP contribution >= 0.6 is 39.3 Å². The van der Waals surface area contributed by atoms with Gasteiger partial charge in [0.05, 0.1) is 4.91 Å². The van der Waals surface area contributed by atoms with Gasteiger partial charge in [0.25, 0.3) is 5.91 Å². The van der Waals surface area contributed by atoms with Crippen molar-refractivity contribution in [3.63, 3.8) is 0 Å². The van der Waals surface area contributed by atoms with Crippen molar-refractivity contribution in [1.29, 1.82) is 0 Å². The number of hydrogen-bond acceptors (Lipinski definition) is 4. The zero-order chi connectivity index (χ0) is 18.8. The normalized spacial score (nSPS) is 19.0. The van der Waals surface area contributed by atoms with E-state index in [1.54, 1.807) is 0 Å². The van der Waals surface area contributed by atoms with Gasteiger partial charge in [-0.15, -0.1) is 0 Å². The van der Waals surface area contributed by atoms with Crippen LogP contribution in [0.1, 0.15) is 5.56 Å². The lowest BCUT2D eigenvalue weighted by Crippen LogP contribution is -2.47. The number of aliphatic imine (C=N–C) groups is 1. The van der Waals surface area contributed by atoms with E-state index >= 15 is 0 Å². The molecule has 7 heteroatoms. The van der Waals surface area contributed by atoms with Crippen molar-refractivity contribution in [3.05, 3.63) is 68.5 Å². The molecule has 1 saturated heterocycles. The minimum Gasteiger partial charge on any atom is -0.368 e. The highest BCUT2D eigenvalue weighted by Gasteiger charge is 2.28. The number of amides is 1. The van der Waals surface area contributed by atoms with Gasteiger partial charge in [0.2, 0.25) is 0 Å². The van der Waals surface area contributed by atoms with Gasteiger partial charge in [0.1, 0.15) is 0 Å². The number of piperazine rings is 1. The molecule has 2 aliphatic rings. The average Bonchev–Trinajstić information content (AvgIpc) is 3.04.